The van der Waals surface area contributed by atoms with E-state index >= 15 is 0 Å². The number of pyridine rings is 1. The Hall–Kier alpha value is -3.83. The summed E-state index contributed by atoms with van der Waals surface area (Å²) < 4.78 is 19.7. The van der Waals surface area contributed by atoms with Gasteiger partial charge in [-0.3, -0.25) is 19.1 Å². The fourth-order valence-electron chi connectivity index (χ4n) is 4.64. The molecule has 0 spiro atoms. The van der Waals surface area contributed by atoms with Crippen LogP contribution in [0, 0.1) is 30.5 Å². The van der Waals surface area contributed by atoms with Crippen LogP contribution in [0.3, 0.4) is 0 Å². The van der Waals surface area contributed by atoms with Gasteiger partial charge in [0.25, 0.3) is 11.5 Å². The number of aryl methyl sites for hydroxylation is 1. The number of amides is 2. The molecule has 2 amide bonds. The van der Waals surface area contributed by atoms with E-state index in [2.05, 4.69) is 35.7 Å². The lowest BCUT2D eigenvalue weighted by molar-refractivity contribution is -0.119. The van der Waals surface area contributed by atoms with E-state index < -0.39 is 29.4 Å². The zero-order valence-electron chi connectivity index (χ0n) is 19.3. The van der Waals surface area contributed by atoms with E-state index in [0.717, 1.165) is 37.9 Å². The van der Waals surface area contributed by atoms with E-state index in [1.807, 2.05) is 0 Å². The Kier molecular flexibility index (Phi) is 5.95. The molecule has 11 nitrogen and oxygen atoms in total. The third kappa shape index (κ3) is 4.86. The number of carbonyl (C=O) groups is 2. The van der Waals surface area contributed by atoms with Gasteiger partial charge < -0.3 is 15.6 Å². The van der Waals surface area contributed by atoms with E-state index in [-0.39, 0.29) is 23.1 Å². The van der Waals surface area contributed by atoms with Gasteiger partial charge in [0.2, 0.25) is 5.91 Å². The van der Waals surface area contributed by atoms with Gasteiger partial charge in [0.15, 0.2) is 5.69 Å². The quantitative estimate of drug-likeness (QED) is 0.422. The van der Waals surface area contributed by atoms with Crippen molar-refractivity contribution in [3.63, 3.8) is 0 Å². The Bertz CT molecular complexity index is 1290. The summed E-state index contributed by atoms with van der Waals surface area (Å²) in [5, 5.41) is 17.3. The summed E-state index contributed by atoms with van der Waals surface area (Å²) in [6.07, 6.45) is 8.14. The number of rotatable bonds is 9. The number of carbonyl (C=O) groups excluding carboxylic acids is 2. The molecule has 0 aromatic carbocycles. The second-order valence-corrected chi connectivity index (χ2v) is 9.38. The third-order valence-corrected chi connectivity index (χ3v) is 6.77. The first-order valence-electron chi connectivity index (χ1n) is 11.6. The number of anilines is 1. The molecular formula is C23H26FN7O4. The van der Waals surface area contributed by atoms with Crippen molar-refractivity contribution in [2.45, 2.75) is 51.6 Å². The molecule has 3 heterocycles. The van der Waals surface area contributed by atoms with E-state index in [1.54, 1.807) is 20.0 Å². The molecule has 2 aliphatic carbocycles. The number of H-pyrrole nitrogens is 1. The van der Waals surface area contributed by atoms with E-state index in [1.165, 1.54) is 10.9 Å². The summed E-state index contributed by atoms with van der Waals surface area (Å²) in [6, 6.07) is -0.166. The van der Waals surface area contributed by atoms with Crippen molar-refractivity contribution in [3.05, 3.63) is 57.8 Å². The number of nitrogens with zero attached hydrogens (tertiary/aromatic N) is 4. The van der Waals surface area contributed by atoms with Crippen molar-refractivity contribution in [1.29, 1.82) is 0 Å². The first-order chi connectivity index (χ1) is 16.8. The monoisotopic (exact) mass is 483 g/mol. The van der Waals surface area contributed by atoms with E-state index in [0.29, 0.717) is 23.2 Å². The second kappa shape index (κ2) is 9.08. The van der Waals surface area contributed by atoms with Crippen molar-refractivity contribution >= 4 is 17.5 Å². The summed E-state index contributed by atoms with van der Waals surface area (Å²) in [4.78, 5) is 40.8. The maximum absolute atomic E-state index is 13.6. The highest BCUT2D eigenvalue weighted by molar-refractivity contribution is 6.00. The van der Waals surface area contributed by atoms with Crippen LogP contribution >= 0.6 is 0 Å². The molecule has 2 atom stereocenters. The molecular weight excluding hydrogens is 457 g/mol. The first kappa shape index (κ1) is 22.9. The first-order valence-corrected chi connectivity index (χ1v) is 11.6. The summed E-state index contributed by atoms with van der Waals surface area (Å²) >= 11 is 0. The Labute approximate surface area is 199 Å². The van der Waals surface area contributed by atoms with Gasteiger partial charge in [-0.15, -0.1) is 0 Å². The van der Waals surface area contributed by atoms with Gasteiger partial charge in [-0.05, 0) is 68.5 Å². The summed E-state index contributed by atoms with van der Waals surface area (Å²) in [5.74, 6) is -0.625. The van der Waals surface area contributed by atoms with Crippen LogP contribution in [0.5, 0.6) is 0 Å². The minimum Gasteiger partial charge on any atom is -0.338 e. The summed E-state index contributed by atoms with van der Waals surface area (Å²) in [5.41, 5.74) is 0.583. The lowest BCUT2D eigenvalue weighted by Gasteiger charge is -2.27. The van der Waals surface area contributed by atoms with Gasteiger partial charge in [-0.2, -0.15) is 5.10 Å². The third-order valence-electron chi connectivity index (χ3n) is 6.77. The number of hydrogen-bond donors (Lipinski definition) is 3. The molecule has 2 saturated carbocycles. The Morgan fingerprint density at radius 3 is 2.57 bits per heavy atom. The minimum absolute atomic E-state index is 0.0268. The maximum Gasteiger partial charge on any atom is 0.276 e. The van der Waals surface area contributed by atoms with Crippen LogP contribution in [0.1, 0.15) is 60.4 Å². The van der Waals surface area contributed by atoms with Gasteiger partial charge >= 0.3 is 0 Å². The predicted octanol–water partition coefficient (Wildman–Crippen LogP) is 2.18. The standard InChI is InChI=1S/C23H26FN7O4/c1-11-19(30-35-29-11)22(33)28-20(18(13-3-4-13)14-5-6-14)23(34)27-16-9-26-31(10-16)12(2)17-7-15(24)8-25-21(17)32/h7-10,12-14,18,20H,3-6H2,1-2H3,(H,25,32)(H,27,34)(H,28,33)/t12-,20-/m0/s1. The summed E-state index contributed by atoms with van der Waals surface area (Å²) in [7, 11) is 0. The van der Waals surface area contributed by atoms with E-state index in [4.69, 9.17) is 0 Å². The molecule has 0 unspecified atom stereocenters. The molecule has 0 bridgehead atoms. The zero-order valence-corrected chi connectivity index (χ0v) is 19.3. The molecule has 0 radical (unpaired) electrons. The van der Waals surface area contributed by atoms with Gasteiger partial charge in [0, 0.05) is 18.0 Å². The van der Waals surface area contributed by atoms with Crippen LogP contribution in [0.4, 0.5) is 10.1 Å². The Morgan fingerprint density at radius 1 is 1.23 bits per heavy atom. The number of aromatic nitrogens is 5. The average Bonchev–Trinajstić information content (AvgIpc) is 3.76. The van der Waals surface area contributed by atoms with Crippen molar-refractivity contribution < 1.29 is 18.6 Å². The molecule has 3 N–H and O–H groups in total. The summed E-state index contributed by atoms with van der Waals surface area (Å²) in [6.45, 7) is 3.31. The van der Waals surface area contributed by atoms with Crippen LogP contribution in [0.15, 0.2) is 34.1 Å². The molecule has 184 valence electrons. The SMILES string of the molecule is Cc1nonc1C(=O)N[C@H](C(=O)Nc1cnn([C@@H](C)c2cc(F)c[nH]c2=O)c1)C(C1CC1)C1CC1. The van der Waals surface area contributed by atoms with Gasteiger partial charge in [0.1, 0.15) is 17.6 Å². The highest BCUT2D eigenvalue weighted by Gasteiger charge is 2.48. The average molecular weight is 484 g/mol. The van der Waals surface area contributed by atoms with Crippen LogP contribution in [0.25, 0.3) is 0 Å². The van der Waals surface area contributed by atoms with Gasteiger partial charge in [-0.25, -0.2) is 9.02 Å². The molecule has 3 aromatic heterocycles. The van der Waals surface area contributed by atoms with Crippen LogP contribution in [-0.2, 0) is 4.79 Å². The highest BCUT2D eigenvalue weighted by atomic mass is 19.1. The second-order valence-electron chi connectivity index (χ2n) is 9.38. The number of aromatic amines is 1. The number of hydrogen-bond acceptors (Lipinski definition) is 7. The smallest absolute Gasteiger partial charge is 0.276 e. The van der Waals surface area contributed by atoms with Crippen molar-refractivity contribution in [3.8, 4) is 0 Å². The molecule has 3 aromatic rings. The predicted molar refractivity (Wildman–Crippen MR) is 121 cm³/mol. The number of halogens is 1. The molecule has 35 heavy (non-hydrogen) atoms. The molecule has 12 heteroatoms. The lowest BCUT2D eigenvalue weighted by atomic mass is 9.88. The van der Waals surface area contributed by atoms with Crippen molar-refractivity contribution in [1.82, 2.24) is 30.4 Å². The normalized spacial score (nSPS) is 17.3. The molecule has 0 saturated heterocycles. The molecule has 2 aliphatic rings. The van der Waals surface area contributed by atoms with Gasteiger partial charge in [-0.1, -0.05) is 5.16 Å². The number of nitrogens with one attached hydrogen (secondary N) is 3. The Balaban J connectivity index is 1.35. The lowest BCUT2D eigenvalue weighted by Crippen LogP contribution is -2.50. The zero-order chi connectivity index (χ0) is 24.7. The van der Waals surface area contributed by atoms with Crippen LogP contribution < -0.4 is 16.2 Å². The maximum atomic E-state index is 13.6. The topological polar surface area (TPSA) is 148 Å². The fourth-order valence-corrected chi connectivity index (χ4v) is 4.64. The highest BCUT2D eigenvalue weighted by Crippen LogP contribution is 2.50. The molecule has 0 aliphatic heterocycles. The minimum atomic E-state index is -0.759. The molecule has 2 fully saturated rings. The van der Waals surface area contributed by atoms with Crippen LogP contribution in [-0.4, -0.2) is 42.9 Å². The van der Waals surface area contributed by atoms with Crippen LogP contribution in [0.2, 0.25) is 0 Å². The van der Waals surface area contributed by atoms with Crippen molar-refractivity contribution in [2.24, 2.45) is 17.8 Å². The molecule has 5 rings (SSSR count). The Morgan fingerprint density at radius 2 is 1.94 bits per heavy atom. The van der Waals surface area contributed by atoms with Crippen molar-refractivity contribution in [2.75, 3.05) is 5.32 Å². The largest absolute Gasteiger partial charge is 0.338 e. The van der Waals surface area contributed by atoms with Gasteiger partial charge in [0.05, 0.1) is 17.9 Å². The fraction of sp³-hybridized carbons (Fsp3) is 0.478. The van der Waals surface area contributed by atoms with E-state index in [9.17, 15) is 18.8 Å².